The average Bonchev–Trinajstić information content (AvgIpc) is 3.33. The predicted octanol–water partition coefficient (Wildman–Crippen LogP) is 5.32. The predicted molar refractivity (Wildman–Crippen MR) is 137 cm³/mol. The Morgan fingerprint density at radius 2 is 1.97 bits per heavy atom. The molecule has 0 amide bonds. The van der Waals surface area contributed by atoms with Crippen LogP contribution in [0.1, 0.15) is 33.6 Å². The number of nitriles is 1. The molecule has 0 saturated carbocycles. The maximum absolute atomic E-state index is 13.3. The Bertz CT molecular complexity index is 1800. The van der Waals surface area contributed by atoms with Gasteiger partial charge in [-0.1, -0.05) is 12.1 Å². The molecule has 4 heterocycles. The fourth-order valence-electron chi connectivity index (χ4n) is 4.42. The molecule has 4 aromatic heterocycles. The van der Waals surface area contributed by atoms with Crippen LogP contribution in [0.4, 0.5) is 13.2 Å². The quantitative estimate of drug-likeness (QED) is 0.318. The van der Waals surface area contributed by atoms with Gasteiger partial charge in [-0.2, -0.15) is 23.5 Å². The highest BCUT2D eigenvalue weighted by Gasteiger charge is 2.34. The van der Waals surface area contributed by atoms with Crippen molar-refractivity contribution in [3.8, 4) is 23.1 Å². The molecule has 0 saturated heterocycles. The van der Waals surface area contributed by atoms with Crippen molar-refractivity contribution >= 4 is 10.9 Å². The van der Waals surface area contributed by atoms with Gasteiger partial charge in [-0.15, -0.1) is 0 Å². The Balaban J connectivity index is 1.53. The van der Waals surface area contributed by atoms with E-state index in [9.17, 15) is 23.2 Å². The second-order valence-electron chi connectivity index (χ2n) is 8.93. The van der Waals surface area contributed by atoms with Gasteiger partial charge in [0.25, 0.3) is 5.56 Å². The Hall–Kier alpha value is -4.98. The number of pyridine rings is 3. The largest absolute Gasteiger partial charge is 0.486 e. The summed E-state index contributed by atoms with van der Waals surface area (Å²) in [5, 5.41) is 17.7. The molecule has 0 fully saturated rings. The van der Waals surface area contributed by atoms with Gasteiger partial charge >= 0.3 is 6.18 Å². The summed E-state index contributed by atoms with van der Waals surface area (Å²) < 4.78 is 46.9. The minimum atomic E-state index is -4.79. The summed E-state index contributed by atoms with van der Waals surface area (Å²) in [4.78, 5) is 21.4. The van der Waals surface area contributed by atoms with Crippen LogP contribution in [-0.2, 0) is 19.3 Å². The number of ether oxygens (including phenoxy) is 1. The van der Waals surface area contributed by atoms with E-state index in [2.05, 4.69) is 26.2 Å². The van der Waals surface area contributed by atoms with Gasteiger partial charge < -0.3 is 9.30 Å². The third-order valence-corrected chi connectivity index (χ3v) is 6.31. The number of fused-ring (bicyclic) bond motifs is 1. The van der Waals surface area contributed by atoms with Crippen molar-refractivity contribution in [1.29, 1.82) is 5.26 Å². The zero-order chi connectivity index (χ0) is 27.7. The van der Waals surface area contributed by atoms with Crippen molar-refractivity contribution in [1.82, 2.24) is 24.7 Å². The molecule has 0 spiro atoms. The van der Waals surface area contributed by atoms with Crippen LogP contribution in [0.2, 0.25) is 0 Å². The number of benzene rings is 1. The molecule has 1 aromatic carbocycles. The summed E-state index contributed by atoms with van der Waals surface area (Å²) in [5.74, 6) is 0.449. The molecule has 0 aliphatic heterocycles. The maximum atomic E-state index is 13.3. The van der Waals surface area contributed by atoms with Crippen LogP contribution >= 0.6 is 0 Å². The molecule has 0 aliphatic carbocycles. The molecule has 0 unspecified atom stereocenters. The van der Waals surface area contributed by atoms with E-state index in [1.165, 1.54) is 18.5 Å². The number of hydrogen-bond acceptors (Lipinski definition) is 6. The van der Waals surface area contributed by atoms with E-state index in [1.54, 1.807) is 12.3 Å². The molecule has 0 aliphatic rings. The number of hydrogen-bond donors (Lipinski definition) is 1. The van der Waals surface area contributed by atoms with Gasteiger partial charge in [0, 0.05) is 34.6 Å². The standard InChI is InChI=1S/C28H21F3N6O2/c1-16-13-34-36-25(16)20-11-17(2)35-26-19(20)5-3-7-24(26)39-15-21-18(12-32)8-9-33-23(21)14-37-10-4-6-22(27(37)38)28(29,30)31/h3-11,13H,14-15H2,1-2H3,(H,34,36). The van der Waals surface area contributed by atoms with E-state index >= 15 is 0 Å². The minimum absolute atomic E-state index is 0.118. The molecule has 11 heteroatoms. The number of rotatable bonds is 6. The van der Waals surface area contributed by atoms with Gasteiger partial charge in [0.15, 0.2) is 0 Å². The number of nitrogens with zero attached hydrogens (tertiary/aromatic N) is 5. The van der Waals surface area contributed by atoms with Crippen molar-refractivity contribution < 1.29 is 17.9 Å². The highest BCUT2D eigenvalue weighted by atomic mass is 19.4. The minimum Gasteiger partial charge on any atom is -0.486 e. The third kappa shape index (κ3) is 4.96. The number of aryl methyl sites for hydroxylation is 2. The van der Waals surface area contributed by atoms with Crippen LogP contribution in [0.3, 0.4) is 0 Å². The highest BCUT2D eigenvalue weighted by Crippen LogP contribution is 2.34. The molecule has 5 aromatic rings. The van der Waals surface area contributed by atoms with Crippen molar-refractivity contribution in [3.63, 3.8) is 0 Å². The van der Waals surface area contributed by atoms with Crippen LogP contribution in [0.5, 0.6) is 5.75 Å². The zero-order valence-electron chi connectivity index (χ0n) is 20.9. The van der Waals surface area contributed by atoms with Crippen molar-refractivity contribution in [2.45, 2.75) is 33.2 Å². The number of aromatic nitrogens is 5. The van der Waals surface area contributed by atoms with Crippen LogP contribution in [0, 0.1) is 25.2 Å². The number of nitrogens with one attached hydrogen (secondary N) is 1. The molecule has 8 nitrogen and oxygen atoms in total. The van der Waals surface area contributed by atoms with E-state index in [0.29, 0.717) is 16.8 Å². The lowest BCUT2D eigenvalue weighted by Gasteiger charge is -2.16. The van der Waals surface area contributed by atoms with E-state index in [-0.39, 0.29) is 24.4 Å². The SMILES string of the molecule is Cc1cc(-c2[nH]ncc2C)c2cccc(OCc3c(C#N)ccnc3Cn3cccc(C(F)(F)F)c3=O)c2n1. The molecule has 196 valence electrons. The molecule has 39 heavy (non-hydrogen) atoms. The first kappa shape index (κ1) is 25.7. The van der Waals surface area contributed by atoms with Crippen LogP contribution in [0.25, 0.3) is 22.2 Å². The van der Waals surface area contributed by atoms with Crippen LogP contribution in [0.15, 0.2) is 65.8 Å². The lowest BCUT2D eigenvalue weighted by atomic mass is 10.0. The van der Waals surface area contributed by atoms with Crippen molar-refractivity contribution in [2.24, 2.45) is 0 Å². The second-order valence-corrected chi connectivity index (χ2v) is 8.93. The fourth-order valence-corrected chi connectivity index (χ4v) is 4.42. The van der Waals surface area contributed by atoms with E-state index < -0.39 is 17.3 Å². The number of aromatic amines is 1. The molecule has 0 radical (unpaired) electrons. The van der Waals surface area contributed by atoms with Gasteiger partial charge in [0.05, 0.1) is 35.8 Å². The molecule has 0 atom stereocenters. The first-order valence-electron chi connectivity index (χ1n) is 11.8. The highest BCUT2D eigenvalue weighted by molar-refractivity contribution is 5.97. The normalized spacial score (nSPS) is 11.5. The van der Waals surface area contributed by atoms with E-state index in [0.717, 1.165) is 44.6 Å². The lowest BCUT2D eigenvalue weighted by molar-refractivity contribution is -0.138. The summed E-state index contributed by atoms with van der Waals surface area (Å²) in [6.07, 6.45) is -0.432. The van der Waals surface area contributed by atoms with Gasteiger partial charge in [-0.25, -0.2) is 4.98 Å². The van der Waals surface area contributed by atoms with E-state index in [4.69, 9.17) is 4.74 Å². The maximum Gasteiger partial charge on any atom is 0.421 e. The Kier molecular flexibility index (Phi) is 6.62. The summed E-state index contributed by atoms with van der Waals surface area (Å²) in [7, 11) is 0. The first-order valence-corrected chi connectivity index (χ1v) is 11.8. The number of halogens is 3. The zero-order valence-corrected chi connectivity index (χ0v) is 20.9. The lowest BCUT2D eigenvalue weighted by Crippen LogP contribution is -2.29. The smallest absolute Gasteiger partial charge is 0.421 e. The number of alkyl halides is 3. The number of para-hydroxylation sites is 1. The summed E-state index contributed by atoms with van der Waals surface area (Å²) in [6, 6.07) is 12.9. The molecule has 0 bridgehead atoms. The molecular weight excluding hydrogens is 509 g/mol. The molecule has 1 N–H and O–H groups in total. The fraction of sp³-hybridized carbons (Fsp3) is 0.179. The van der Waals surface area contributed by atoms with Gasteiger partial charge in [-0.3, -0.25) is 14.9 Å². The monoisotopic (exact) mass is 530 g/mol. The summed E-state index contributed by atoms with van der Waals surface area (Å²) in [5.41, 5.74) is 2.45. The Morgan fingerprint density at radius 1 is 1.15 bits per heavy atom. The third-order valence-electron chi connectivity index (χ3n) is 6.31. The van der Waals surface area contributed by atoms with Crippen molar-refractivity contribution in [3.05, 3.63) is 105 Å². The van der Waals surface area contributed by atoms with Gasteiger partial charge in [0.1, 0.15) is 23.4 Å². The summed E-state index contributed by atoms with van der Waals surface area (Å²) >= 11 is 0. The Labute approximate surface area is 220 Å². The Morgan fingerprint density at radius 3 is 2.69 bits per heavy atom. The van der Waals surface area contributed by atoms with Crippen LogP contribution in [-0.4, -0.2) is 24.7 Å². The van der Waals surface area contributed by atoms with E-state index in [1.807, 2.05) is 32.0 Å². The molecule has 5 rings (SSSR count). The topological polar surface area (TPSA) is 109 Å². The second kappa shape index (κ2) is 10.1. The van der Waals surface area contributed by atoms with Gasteiger partial charge in [-0.05, 0) is 49.7 Å². The van der Waals surface area contributed by atoms with Gasteiger partial charge in [0.2, 0.25) is 0 Å². The average molecular weight is 531 g/mol. The van der Waals surface area contributed by atoms with Crippen molar-refractivity contribution in [2.75, 3.05) is 0 Å². The van der Waals surface area contributed by atoms with Crippen LogP contribution < -0.4 is 10.3 Å². The first-order chi connectivity index (χ1) is 18.7. The number of H-pyrrole nitrogens is 1. The molecular formula is C28H21F3N6O2. The summed E-state index contributed by atoms with van der Waals surface area (Å²) in [6.45, 7) is 3.43.